The smallest absolute Gasteiger partial charge is 0.310 e. The van der Waals surface area contributed by atoms with E-state index < -0.39 is 28.2 Å². The molecule has 0 heterocycles. The van der Waals surface area contributed by atoms with Crippen LogP contribution in [0.15, 0.2) is 36.4 Å². The number of nitro benzene ring substituents is 1. The van der Waals surface area contributed by atoms with E-state index in [1.54, 1.807) is 12.1 Å². The van der Waals surface area contributed by atoms with Crippen molar-refractivity contribution in [3.8, 4) is 17.2 Å². The maximum Gasteiger partial charge on any atom is 0.310 e. The van der Waals surface area contributed by atoms with Gasteiger partial charge >= 0.3 is 11.7 Å². The maximum absolute atomic E-state index is 11.7. The molecule has 0 saturated heterocycles. The Labute approximate surface area is 163 Å². The lowest BCUT2D eigenvalue weighted by Crippen LogP contribution is -2.14. The van der Waals surface area contributed by atoms with Gasteiger partial charge in [0.15, 0.2) is 5.75 Å². The summed E-state index contributed by atoms with van der Waals surface area (Å²) >= 11 is 0. The van der Waals surface area contributed by atoms with Crippen LogP contribution in [0.3, 0.4) is 0 Å². The van der Waals surface area contributed by atoms with Crippen LogP contribution in [0.1, 0.15) is 57.1 Å². The van der Waals surface area contributed by atoms with Crippen molar-refractivity contribution in [2.24, 2.45) is 5.92 Å². The second-order valence-corrected chi connectivity index (χ2v) is 7.48. The van der Waals surface area contributed by atoms with Gasteiger partial charge in [-0.15, -0.1) is 0 Å². The molecule has 0 aromatic heterocycles. The zero-order valence-corrected chi connectivity index (χ0v) is 16.4. The van der Waals surface area contributed by atoms with Gasteiger partial charge in [0.2, 0.25) is 0 Å². The van der Waals surface area contributed by atoms with Crippen LogP contribution in [0.5, 0.6) is 17.2 Å². The van der Waals surface area contributed by atoms with Crippen molar-refractivity contribution in [2.75, 3.05) is 0 Å². The summed E-state index contributed by atoms with van der Waals surface area (Å²) in [7, 11) is 0. The first-order valence-corrected chi connectivity index (χ1v) is 9.12. The van der Waals surface area contributed by atoms with Crippen molar-refractivity contribution in [3.05, 3.63) is 57.6 Å². The van der Waals surface area contributed by atoms with E-state index in [1.807, 2.05) is 33.8 Å². The first-order valence-electron chi connectivity index (χ1n) is 9.12. The number of phenols is 1. The molecular weight excluding hydrogens is 362 g/mol. The molecule has 1 unspecified atom stereocenters. The van der Waals surface area contributed by atoms with E-state index >= 15 is 0 Å². The number of benzene rings is 2. The molecule has 7 nitrogen and oxygen atoms in total. The lowest BCUT2D eigenvalue weighted by molar-refractivity contribution is -0.385. The molecule has 2 rings (SSSR count). The van der Waals surface area contributed by atoms with Crippen molar-refractivity contribution in [1.82, 2.24) is 0 Å². The maximum atomic E-state index is 11.7. The Balaban J connectivity index is 2.39. The fourth-order valence-corrected chi connectivity index (χ4v) is 3.03. The van der Waals surface area contributed by atoms with Crippen molar-refractivity contribution >= 4 is 11.7 Å². The monoisotopic (exact) mass is 387 g/mol. The van der Waals surface area contributed by atoms with Crippen LogP contribution < -0.4 is 4.74 Å². The largest absolute Gasteiger partial charge is 0.502 e. The summed E-state index contributed by atoms with van der Waals surface area (Å²) < 4.78 is 5.83. The predicted molar refractivity (Wildman–Crippen MR) is 105 cm³/mol. The number of carboxylic acid groups (broad SMARTS) is 1. The fraction of sp³-hybridized carbons (Fsp3) is 0.381. The van der Waals surface area contributed by atoms with Crippen molar-refractivity contribution < 1.29 is 24.7 Å². The quantitative estimate of drug-likeness (QED) is 0.461. The molecule has 0 spiro atoms. The number of nitrogens with zero attached hydrogens (tertiary/aromatic N) is 1. The van der Waals surface area contributed by atoms with Crippen LogP contribution in [-0.4, -0.2) is 21.1 Å². The van der Waals surface area contributed by atoms with E-state index in [2.05, 4.69) is 0 Å². The molecule has 28 heavy (non-hydrogen) atoms. The van der Waals surface area contributed by atoms with Crippen LogP contribution >= 0.6 is 0 Å². The van der Waals surface area contributed by atoms with Crippen LogP contribution in [0.2, 0.25) is 0 Å². The molecule has 0 saturated carbocycles. The van der Waals surface area contributed by atoms with E-state index in [0.717, 1.165) is 5.56 Å². The third-order valence-electron chi connectivity index (χ3n) is 4.43. The zero-order chi connectivity index (χ0) is 21.0. The first kappa shape index (κ1) is 21.2. The summed E-state index contributed by atoms with van der Waals surface area (Å²) in [5, 5.41) is 30.2. The van der Waals surface area contributed by atoms with Gasteiger partial charge in [-0.2, -0.15) is 0 Å². The van der Waals surface area contributed by atoms with E-state index in [-0.39, 0.29) is 17.6 Å². The molecule has 2 N–H and O–H groups in total. The Morgan fingerprint density at radius 1 is 1.14 bits per heavy atom. The summed E-state index contributed by atoms with van der Waals surface area (Å²) in [5.74, 6) is -0.867. The molecule has 1 atom stereocenters. The van der Waals surface area contributed by atoms with Crippen molar-refractivity contribution in [1.29, 1.82) is 0 Å². The molecule has 0 aliphatic rings. The first-order chi connectivity index (χ1) is 13.1. The minimum absolute atomic E-state index is 0.0649. The van der Waals surface area contributed by atoms with Gasteiger partial charge in [-0.1, -0.05) is 39.8 Å². The highest BCUT2D eigenvalue weighted by atomic mass is 16.6. The molecule has 0 aliphatic carbocycles. The van der Waals surface area contributed by atoms with E-state index in [0.29, 0.717) is 17.7 Å². The number of phenolic OH excluding ortho intramolecular Hbond substituents is 1. The molecule has 2 aromatic rings. The Morgan fingerprint density at radius 2 is 1.82 bits per heavy atom. The van der Waals surface area contributed by atoms with Gasteiger partial charge in [0.1, 0.15) is 11.5 Å². The van der Waals surface area contributed by atoms with Crippen LogP contribution in [0, 0.1) is 16.0 Å². The SMILES string of the molecule is CC(C)CC(C(=O)O)c1ccc(Oc2ccc([N+](=O)[O-])c(O)c2)c(C(C)C)c1. The number of nitro groups is 1. The second kappa shape index (κ2) is 8.73. The van der Waals surface area contributed by atoms with Gasteiger partial charge in [0.05, 0.1) is 10.8 Å². The topological polar surface area (TPSA) is 110 Å². The van der Waals surface area contributed by atoms with E-state index in [1.165, 1.54) is 18.2 Å². The third-order valence-corrected chi connectivity index (χ3v) is 4.43. The molecule has 0 amide bonds. The van der Waals surface area contributed by atoms with Crippen LogP contribution in [0.4, 0.5) is 5.69 Å². The highest BCUT2D eigenvalue weighted by Crippen LogP contribution is 2.37. The molecule has 0 radical (unpaired) electrons. The van der Waals surface area contributed by atoms with Crippen molar-refractivity contribution in [3.63, 3.8) is 0 Å². The van der Waals surface area contributed by atoms with Gasteiger partial charge < -0.3 is 14.9 Å². The van der Waals surface area contributed by atoms with Crippen LogP contribution in [0.25, 0.3) is 0 Å². The minimum atomic E-state index is -0.864. The number of hydrogen-bond acceptors (Lipinski definition) is 5. The second-order valence-electron chi connectivity index (χ2n) is 7.48. The summed E-state index contributed by atoms with van der Waals surface area (Å²) in [4.78, 5) is 21.9. The number of carbonyl (C=O) groups is 1. The van der Waals surface area contributed by atoms with Crippen molar-refractivity contribution in [2.45, 2.75) is 46.0 Å². The normalized spacial score (nSPS) is 12.2. The Hall–Kier alpha value is -3.09. The van der Waals surface area contributed by atoms with E-state index in [4.69, 9.17) is 4.74 Å². The number of aliphatic carboxylic acids is 1. The van der Waals surface area contributed by atoms with Gasteiger partial charge in [-0.25, -0.2) is 0 Å². The summed E-state index contributed by atoms with van der Waals surface area (Å²) in [5.41, 5.74) is 1.14. The zero-order valence-electron chi connectivity index (χ0n) is 16.4. The van der Waals surface area contributed by atoms with Gasteiger partial charge in [-0.3, -0.25) is 14.9 Å². The summed E-state index contributed by atoms with van der Waals surface area (Å²) in [6.45, 7) is 7.91. The molecule has 0 bridgehead atoms. The highest BCUT2D eigenvalue weighted by Gasteiger charge is 2.23. The summed E-state index contributed by atoms with van der Waals surface area (Å²) in [6, 6.07) is 9.06. The number of ether oxygens (including phenoxy) is 1. The number of hydrogen-bond donors (Lipinski definition) is 2. The number of aromatic hydroxyl groups is 1. The van der Waals surface area contributed by atoms with E-state index in [9.17, 15) is 25.1 Å². The molecular formula is C21H25NO6. The highest BCUT2D eigenvalue weighted by molar-refractivity contribution is 5.76. The number of carboxylic acids is 1. The van der Waals surface area contributed by atoms with Crippen LogP contribution in [-0.2, 0) is 4.79 Å². The standard InChI is InChI=1S/C21H25NO6/c1-12(2)9-17(21(24)25)14-5-8-20(16(10-14)13(3)4)28-15-6-7-18(22(26)27)19(23)11-15/h5-8,10-13,17,23H,9H2,1-4H3,(H,24,25). The Kier molecular flexibility index (Phi) is 6.62. The molecule has 7 heteroatoms. The average Bonchev–Trinajstić information content (AvgIpc) is 2.59. The predicted octanol–water partition coefficient (Wildman–Crippen LogP) is 5.43. The lowest BCUT2D eigenvalue weighted by atomic mass is 9.88. The average molecular weight is 387 g/mol. The van der Waals surface area contributed by atoms with Gasteiger partial charge in [-0.05, 0) is 41.5 Å². The fourth-order valence-electron chi connectivity index (χ4n) is 3.03. The number of rotatable bonds is 8. The van der Waals surface area contributed by atoms with Gasteiger partial charge in [0, 0.05) is 12.1 Å². The van der Waals surface area contributed by atoms with Gasteiger partial charge in [0.25, 0.3) is 0 Å². The summed E-state index contributed by atoms with van der Waals surface area (Å²) in [6.07, 6.45) is 0.531. The Morgan fingerprint density at radius 3 is 2.32 bits per heavy atom. The molecule has 0 fully saturated rings. The third kappa shape index (κ3) is 5.00. The lowest BCUT2D eigenvalue weighted by Gasteiger charge is -2.19. The minimum Gasteiger partial charge on any atom is -0.502 e. The molecule has 0 aliphatic heterocycles. The molecule has 2 aromatic carbocycles. The Bertz CT molecular complexity index is 875. The molecule has 150 valence electrons.